The first-order chi connectivity index (χ1) is 15.1. The number of unbranched alkanes of at least 4 members (excludes halogenated alkanes) is 1. The van der Waals surface area contributed by atoms with Gasteiger partial charge < -0.3 is 20.3 Å². The summed E-state index contributed by atoms with van der Waals surface area (Å²) in [4.78, 5) is 20.3. The first-order valence-corrected chi connectivity index (χ1v) is 11.7. The van der Waals surface area contributed by atoms with Gasteiger partial charge in [-0.05, 0) is 31.2 Å². The highest BCUT2D eigenvalue weighted by Crippen LogP contribution is 2.16. The Morgan fingerprint density at radius 3 is 2.45 bits per heavy atom. The van der Waals surface area contributed by atoms with E-state index in [0.29, 0.717) is 12.1 Å². The number of benzene rings is 1. The molecular weight excluding hydrogens is 390 g/mol. The Morgan fingerprint density at radius 1 is 1.13 bits per heavy atom. The van der Waals surface area contributed by atoms with E-state index in [9.17, 15) is 4.79 Å². The Bertz CT molecular complexity index is 643. The number of guanidine groups is 1. The summed E-state index contributed by atoms with van der Waals surface area (Å²) in [7, 11) is 3.50. The van der Waals surface area contributed by atoms with Crippen molar-refractivity contribution in [2.24, 2.45) is 4.99 Å². The fourth-order valence-electron chi connectivity index (χ4n) is 3.45. The number of aliphatic imine (C=N–C) groups is 1. The minimum Gasteiger partial charge on any atom is -0.378 e. The zero-order valence-electron chi connectivity index (χ0n) is 19.6. The van der Waals surface area contributed by atoms with Crippen LogP contribution in [0.3, 0.4) is 0 Å². The summed E-state index contributed by atoms with van der Waals surface area (Å²) >= 11 is 0. The van der Waals surface area contributed by atoms with Crippen LogP contribution in [0.4, 0.5) is 0 Å². The number of carbonyl (C=O) groups excluding carboxylic acids is 1. The Kier molecular flexibility index (Phi) is 12.0. The lowest BCUT2D eigenvalue weighted by molar-refractivity contribution is -0.127. The molecular formula is C24H41N5O2. The van der Waals surface area contributed by atoms with Crippen LogP contribution in [0.2, 0.25) is 0 Å². The topological polar surface area (TPSA) is 69.2 Å². The molecule has 1 aromatic carbocycles. The lowest BCUT2D eigenvalue weighted by Crippen LogP contribution is -2.40. The van der Waals surface area contributed by atoms with E-state index in [1.54, 1.807) is 19.0 Å². The van der Waals surface area contributed by atoms with Gasteiger partial charge in [0.25, 0.3) is 0 Å². The summed E-state index contributed by atoms with van der Waals surface area (Å²) in [5.74, 6) is 0.705. The van der Waals surface area contributed by atoms with Crippen molar-refractivity contribution in [2.75, 3.05) is 53.4 Å². The highest BCUT2D eigenvalue weighted by Gasteiger charge is 2.19. The molecule has 0 saturated carbocycles. The molecule has 31 heavy (non-hydrogen) atoms. The third-order valence-electron chi connectivity index (χ3n) is 5.44. The maximum atomic E-state index is 11.8. The van der Waals surface area contributed by atoms with Crippen LogP contribution in [0, 0.1) is 0 Å². The van der Waals surface area contributed by atoms with Crippen LogP contribution in [-0.2, 0) is 16.1 Å². The number of rotatable bonds is 12. The third kappa shape index (κ3) is 10.6. The number of ether oxygens (including phenoxy) is 1. The predicted octanol–water partition coefficient (Wildman–Crippen LogP) is 2.48. The highest BCUT2D eigenvalue weighted by molar-refractivity contribution is 5.84. The molecule has 1 fully saturated rings. The highest BCUT2D eigenvalue weighted by atomic mass is 16.5. The smallest absolute Gasteiger partial charge is 0.243 e. The summed E-state index contributed by atoms with van der Waals surface area (Å²) in [6, 6.07) is 10.7. The van der Waals surface area contributed by atoms with Gasteiger partial charge >= 0.3 is 0 Å². The van der Waals surface area contributed by atoms with Gasteiger partial charge in [-0.15, -0.1) is 0 Å². The van der Waals surface area contributed by atoms with Gasteiger partial charge in [0, 0.05) is 53.4 Å². The lowest BCUT2D eigenvalue weighted by Gasteiger charge is -2.32. The molecule has 0 unspecified atom stereocenters. The second-order valence-corrected chi connectivity index (χ2v) is 8.35. The van der Waals surface area contributed by atoms with E-state index in [2.05, 4.69) is 57.8 Å². The molecule has 1 aromatic rings. The number of likely N-dealkylation sites (tertiary alicyclic amines) is 1. The molecule has 174 valence electrons. The van der Waals surface area contributed by atoms with E-state index in [4.69, 9.17) is 4.74 Å². The van der Waals surface area contributed by atoms with Crippen LogP contribution >= 0.6 is 0 Å². The molecule has 0 aromatic heterocycles. The van der Waals surface area contributed by atoms with E-state index in [0.717, 1.165) is 71.4 Å². The van der Waals surface area contributed by atoms with Crippen molar-refractivity contribution in [2.45, 2.75) is 51.7 Å². The first-order valence-electron chi connectivity index (χ1n) is 11.7. The number of piperidine rings is 1. The number of carbonyl (C=O) groups is 1. The van der Waals surface area contributed by atoms with E-state index in [-0.39, 0.29) is 12.5 Å². The zero-order valence-corrected chi connectivity index (χ0v) is 19.6. The van der Waals surface area contributed by atoms with Crippen molar-refractivity contribution < 1.29 is 9.53 Å². The van der Waals surface area contributed by atoms with Crippen molar-refractivity contribution in [3.05, 3.63) is 35.9 Å². The predicted molar refractivity (Wildman–Crippen MR) is 127 cm³/mol. The van der Waals surface area contributed by atoms with Gasteiger partial charge in [0.05, 0.1) is 6.10 Å². The zero-order chi connectivity index (χ0) is 22.3. The molecule has 0 aliphatic carbocycles. The molecule has 1 aliphatic heterocycles. The van der Waals surface area contributed by atoms with Crippen LogP contribution in [0.15, 0.2) is 35.3 Å². The van der Waals surface area contributed by atoms with E-state index >= 15 is 0 Å². The molecule has 2 N–H and O–H groups in total. The lowest BCUT2D eigenvalue weighted by atomic mass is 10.1. The molecule has 1 amide bonds. The monoisotopic (exact) mass is 431 g/mol. The first kappa shape index (κ1) is 25.1. The number of amides is 1. The minimum atomic E-state index is -0.00136. The number of hydrogen-bond acceptors (Lipinski definition) is 4. The maximum Gasteiger partial charge on any atom is 0.243 e. The van der Waals surface area contributed by atoms with Crippen molar-refractivity contribution >= 4 is 11.9 Å². The average Bonchev–Trinajstić information content (AvgIpc) is 2.78. The second-order valence-electron chi connectivity index (χ2n) is 8.35. The molecule has 0 spiro atoms. The van der Waals surface area contributed by atoms with Crippen LogP contribution in [0.1, 0.15) is 44.6 Å². The SMILES string of the molecule is CCCCNC(=NCC(=O)N(C)C)NCCCOC1CCN(Cc2ccccc2)CC1. The minimum absolute atomic E-state index is 0.00136. The van der Waals surface area contributed by atoms with Gasteiger partial charge in [0.15, 0.2) is 5.96 Å². The van der Waals surface area contributed by atoms with Crippen molar-refractivity contribution in [3.63, 3.8) is 0 Å². The summed E-state index contributed by atoms with van der Waals surface area (Å²) in [5.41, 5.74) is 1.38. The number of nitrogens with one attached hydrogen (secondary N) is 2. The maximum absolute atomic E-state index is 11.8. The Balaban J connectivity index is 1.60. The molecule has 2 rings (SSSR count). The van der Waals surface area contributed by atoms with Gasteiger partial charge in [0.2, 0.25) is 5.91 Å². The van der Waals surface area contributed by atoms with Gasteiger partial charge in [-0.3, -0.25) is 9.69 Å². The fourth-order valence-corrected chi connectivity index (χ4v) is 3.45. The van der Waals surface area contributed by atoms with Gasteiger partial charge in [-0.2, -0.15) is 0 Å². The van der Waals surface area contributed by atoms with Crippen LogP contribution in [0.25, 0.3) is 0 Å². The van der Waals surface area contributed by atoms with Crippen LogP contribution < -0.4 is 10.6 Å². The van der Waals surface area contributed by atoms with E-state index in [1.165, 1.54) is 5.56 Å². The number of hydrogen-bond donors (Lipinski definition) is 2. The van der Waals surface area contributed by atoms with Crippen molar-refractivity contribution in [3.8, 4) is 0 Å². The quantitative estimate of drug-likeness (QED) is 0.302. The van der Waals surface area contributed by atoms with Gasteiger partial charge in [0.1, 0.15) is 6.54 Å². The fraction of sp³-hybridized carbons (Fsp3) is 0.667. The van der Waals surface area contributed by atoms with Gasteiger partial charge in [-0.1, -0.05) is 43.7 Å². The normalized spacial score (nSPS) is 15.6. The summed E-state index contributed by atoms with van der Waals surface area (Å²) in [6.45, 7) is 7.91. The largest absolute Gasteiger partial charge is 0.378 e. The molecule has 1 saturated heterocycles. The number of likely N-dealkylation sites (N-methyl/N-ethyl adjacent to an activating group) is 1. The Labute approximate surface area is 188 Å². The van der Waals surface area contributed by atoms with Crippen LogP contribution in [-0.4, -0.2) is 81.2 Å². The molecule has 1 heterocycles. The molecule has 0 radical (unpaired) electrons. The average molecular weight is 432 g/mol. The molecule has 7 heteroatoms. The van der Waals surface area contributed by atoms with E-state index < -0.39 is 0 Å². The molecule has 0 bridgehead atoms. The van der Waals surface area contributed by atoms with E-state index in [1.807, 2.05) is 0 Å². The van der Waals surface area contributed by atoms with Gasteiger partial charge in [-0.25, -0.2) is 4.99 Å². The third-order valence-corrected chi connectivity index (χ3v) is 5.44. The Hall–Kier alpha value is -2.12. The van der Waals surface area contributed by atoms with Crippen molar-refractivity contribution in [1.29, 1.82) is 0 Å². The van der Waals surface area contributed by atoms with Crippen molar-refractivity contribution in [1.82, 2.24) is 20.4 Å². The molecule has 7 nitrogen and oxygen atoms in total. The summed E-state index contributed by atoms with van der Waals surface area (Å²) in [6.07, 6.45) is 5.67. The molecule has 1 aliphatic rings. The Morgan fingerprint density at radius 2 is 1.81 bits per heavy atom. The standard InChI is InChI=1S/C24H41N5O2/c1-4-5-14-25-24(27-19-23(30)28(2)3)26-15-9-18-31-22-12-16-29(17-13-22)20-21-10-7-6-8-11-21/h6-8,10-11,22H,4-5,9,12-20H2,1-3H3,(H2,25,26,27). The van der Waals surface area contributed by atoms with Crippen LogP contribution in [0.5, 0.6) is 0 Å². The number of nitrogens with zero attached hydrogens (tertiary/aromatic N) is 3. The second kappa shape index (κ2) is 14.8. The summed E-state index contributed by atoms with van der Waals surface area (Å²) < 4.78 is 6.10. The summed E-state index contributed by atoms with van der Waals surface area (Å²) in [5, 5.41) is 6.63. The molecule has 0 atom stereocenters.